The van der Waals surface area contributed by atoms with Gasteiger partial charge in [0.1, 0.15) is 0 Å². The van der Waals surface area contributed by atoms with E-state index in [9.17, 15) is 4.79 Å². The van der Waals surface area contributed by atoms with E-state index in [0.717, 1.165) is 5.56 Å². The quantitative estimate of drug-likeness (QED) is 0.745. The summed E-state index contributed by atoms with van der Waals surface area (Å²) in [5, 5.41) is 13.9. The number of carbonyl (C=O) groups is 1. The Morgan fingerprint density at radius 2 is 2.14 bits per heavy atom. The number of aromatic nitrogens is 5. The molecule has 0 aliphatic rings. The number of rotatable bonds is 5. The number of amides is 1. The Morgan fingerprint density at radius 3 is 2.91 bits per heavy atom. The summed E-state index contributed by atoms with van der Waals surface area (Å²) in [7, 11) is 0. The lowest BCUT2D eigenvalue weighted by Crippen LogP contribution is -2.25. The maximum absolute atomic E-state index is 11.8. The topological polar surface area (TPSA) is 107 Å². The van der Waals surface area contributed by atoms with Gasteiger partial charge in [-0.05, 0) is 18.2 Å². The summed E-state index contributed by atoms with van der Waals surface area (Å²) < 4.78 is 5.14. The highest BCUT2D eigenvalue weighted by atomic mass is 16.5. The van der Waals surface area contributed by atoms with E-state index in [4.69, 9.17) is 4.52 Å². The van der Waals surface area contributed by atoms with Gasteiger partial charge in [-0.15, -0.1) is 0 Å². The van der Waals surface area contributed by atoms with Crippen molar-refractivity contribution in [2.45, 2.75) is 6.42 Å². The highest BCUT2D eigenvalue weighted by Crippen LogP contribution is 2.13. The van der Waals surface area contributed by atoms with Crippen LogP contribution < -0.4 is 5.32 Å². The first-order chi connectivity index (χ1) is 10.8. The van der Waals surface area contributed by atoms with Crippen molar-refractivity contribution < 1.29 is 9.32 Å². The van der Waals surface area contributed by atoms with E-state index in [2.05, 4.69) is 30.6 Å². The smallest absolute Gasteiger partial charge is 0.252 e. The minimum absolute atomic E-state index is 0.220. The van der Waals surface area contributed by atoms with Crippen molar-refractivity contribution in [1.82, 2.24) is 30.6 Å². The van der Waals surface area contributed by atoms with Crippen molar-refractivity contribution in [2.75, 3.05) is 6.54 Å². The van der Waals surface area contributed by atoms with E-state index in [1.54, 1.807) is 24.5 Å². The summed E-state index contributed by atoms with van der Waals surface area (Å²) in [4.78, 5) is 20.1. The van der Waals surface area contributed by atoms with Gasteiger partial charge in [-0.25, -0.2) is 0 Å². The molecular weight excluding hydrogens is 284 g/mol. The SMILES string of the molecule is O=C(NCCc1nc(-c2cccnc2)no1)c1ccnnc1. The van der Waals surface area contributed by atoms with Crippen LogP contribution in [0.5, 0.6) is 0 Å². The first-order valence-electron chi connectivity index (χ1n) is 6.61. The van der Waals surface area contributed by atoms with Crippen molar-refractivity contribution in [2.24, 2.45) is 0 Å². The van der Waals surface area contributed by atoms with Crippen molar-refractivity contribution in [3.8, 4) is 11.4 Å². The fourth-order valence-electron chi connectivity index (χ4n) is 1.78. The van der Waals surface area contributed by atoms with Gasteiger partial charge in [-0.2, -0.15) is 15.2 Å². The third-order valence-electron chi connectivity index (χ3n) is 2.86. The predicted molar refractivity (Wildman–Crippen MR) is 75.6 cm³/mol. The van der Waals surface area contributed by atoms with Gasteiger partial charge >= 0.3 is 0 Å². The predicted octanol–water partition coefficient (Wildman–Crippen LogP) is 0.894. The molecule has 0 radical (unpaired) electrons. The molecule has 3 aromatic heterocycles. The second-order valence-corrected chi connectivity index (χ2v) is 4.39. The first kappa shape index (κ1) is 13.8. The van der Waals surface area contributed by atoms with E-state index >= 15 is 0 Å². The highest BCUT2D eigenvalue weighted by Gasteiger charge is 2.09. The van der Waals surface area contributed by atoms with Gasteiger partial charge in [-0.1, -0.05) is 5.16 Å². The molecule has 8 heteroatoms. The van der Waals surface area contributed by atoms with E-state index in [-0.39, 0.29) is 5.91 Å². The molecule has 3 aromatic rings. The third-order valence-corrected chi connectivity index (χ3v) is 2.86. The van der Waals surface area contributed by atoms with Crippen LogP contribution in [0.15, 0.2) is 47.5 Å². The number of carbonyl (C=O) groups excluding carboxylic acids is 1. The van der Waals surface area contributed by atoms with Crippen LogP contribution in [0.4, 0.5) is 0 Å². The van der Waals surface area contributed by atoms with E-state index < -0.39 is 0 Å². The molecule has 0 aliphatic heterocycles. The Hall–Kier alpha value is -3.16. The molecule has 110 valence electrons. The molecule has 3 rings (SSSR count). The van der Waals surface area contributed by atoms with Crippen LogP contribution in [0.25, 0.3) is 11.4 Å². The molecule has 0 fully saturated rings. The number of nitrogens with one attached hydrogen (secondary N) is 1. The molecule has 1 amide bonds. The van der Waals surface area contributed by atoms with Gasteiger partial charge in [0.2, 0.25) is 11.7 Å². The maximum Gasteiger partial charge on any atom is 0.252 e. The van der Waals surface area contributed by atoms with Crippen molar-refractivity contribution >= 4 is 5.91 Å². The van der Waals surface area contributed by atoms with Crippen LogP contribution in [0, 0.1) is 0 Å². The lowest BCUT2D eigenvalue weighted by atomic mass is 10.3. The summed E-state index contributed by atoms with van der Waals surface area (Å²) in [5.74, 6) is 0.710. The minimum Gasteiger partial charge on any atom is -0.351 e. The zero-order valence-electron chi connectivity index (χ0n) is 11.5. The fourth-order valence-corrected chi connectivity index (χ4v) is 1.78. The van der Waals surface area contributed by atoms with E-state index in [1.807, 2.05) is 6.07 Å². The van der Waals surface area contributed by atoms with Gasteiger partial charge in [0.15, 0.2) is 0 Å². The molecule has 0 aromatic carbocycles. The first-order valence-corrected chi connectivity index (χ1v) is 6.61. The monoisotopic (exact) mass is 296 g/mol. The summed E-state index contributed by atoms with van der Waals surface area (Å²) in [6, 6.07) is 5.24. The Morgan fingerprint density at radius 1 is 1.18 bits per heavy atom. The Labute approximate surface area is 125 Å². The van der Waals surface area contributed by atoms with Gasteiger partial charge < -0.3 is 9.84 Å². The van der Waals surface area contributed by atoms with Crippen LogP contribution >= 0.6 is 0 Å². The molecule has 1 N–H and O–H groups in total. The third kappa shape index (κ3) is 3.29. The zero-order chi connectivity index (χ0) is 15.2. The normalized spacial score (nSPS) is 10.4. The second-order valence-electron chi connectivity index (χ2n) is 4.39. The number of hydrogen-bond donors (Lipinski definition) is 1. The Kier molecular flexibility index (Phi) is 4.10. The molecule has 0 saturated carbocycles. The molecular formula is C14H12N6O2. The van der Waals surface area contributed by atoms with Crippen LogP contribution in [0.1, 0.15) is 16.2 Å². The maximum atomic E-state index is 11.8. The van der Waals surface area contributed by atoms with Crippen LogP contribution in [0.3, 0.4) is 0 Å². The van der Waals surface area contributed by atoms with Gasteiger partial charge in [-0.3, -0.25) is 9.78 Å². The average Bonchev–Trinajstić information content (AvgIpc) is 3.05. The van der Waals surface area contributed by atoms with E-state index in [1.165, 1.54) is 12.4 Å². The zero-order valence-corrected chi connectivity index (χ0v) is 11.5. The molecule has 0 bridgehead atoms. The van der Waals surface area contributed by atoms with Gasteiger partial charge in [0, 0.05) is 30.9 Å². The molecule has 0 unspecified atom stereocenters. The van der Waals surface area contributed by atoms with Crippen molar-refractivity contribution in [1.29, 1.82) is 0 Å². The lowest BCUT2D eigenvalue weighted by Gasteiger charge is -2.01. The molecule has 3 heterocycles. The summed E-state index contributed by atoms with van der Waals surface area (Å²) >= 11 is 0. The Balaban J connectivity index is 1.55. The van der Waals surface area contributed by atoms with E-state index in [0.29, 0.717) is 30.2 Å². The van der Waals surface area contributed by atoms with Crippen LogP contribution in [-0.2, 0) is 6.42 Å². The number of hydrogen-bond acceptors (Lipinski definition) is 7. The largest absolute Gasteiger partial charge is 0.351 e. The number of nitrogens with zero attached hydrogens (tertiary/aromatic N) is 5. The molecule has 0 atom stereocenters. The Bertz CT molecular complexity index is 744. The summed E-state index contributed by atoms with van der Waals surface area (Å²) in [5.41, 5.74) is 1.24. The standard InChI is InChI=1S/C14H12N6O2/c21-14(11-3-7-17-18-9-11)16-6-4-12-19-13(20-22-12)10-2-1-5-15-8-10/h1-3,5,7-9H,4,6H2,(H,16,21). The molecule has 22 heavy (non-hydrogen) atoms. The molecule has 0 saturated heterocycles. The summed E-state index contributed by atoms with van der Waals surface area (Å²) in [6.45, 7) is 0.385. The highest BCUT2D eigenvalue weighted by molar-refractivity contribution is 5.93. The van der Waals surface area contributed by atoms with Crippen molar-refractivity contribution in [3.05, 3.63) is 54.4 Å². The van der Waals surface area contributed by atoms with Gasteiger partial charge in [0.05, 0.1) is 18.0 Å². The van der Waals surface area contributed by atoms with Crippen LogP contribution in [0.2, 0.25) is 0 Å². The molecule has 0 aliphatic carbocycles. The average molecular weight is 296 g/mol. The molecule has 0 spiro atoms. The second kappa shape index (κ2) is 6.53. The molecule has 8 nitrogen and oxygen atoms in total. The lowest BCUT2D eigenvalue weighted by molar-refractivity contribution is 0.0953. The summed E-state index contributed by atoms with van der Waals surface area (Å²) in [6.07, 6.45) is 6.65. The minimum atomic E-state index is -0.220. The number of pyridine rings is 1. The van der Waals surface area contributed by atoms with Crippen molar-refractivity contribution in [3.63, 3.8) is 0 Å². The van der Waals surface area contributed by atoms with Crippen LogP contribution in [-0.4, -0.2) is 37.8 Å². The fraction of sp³-hybridized carbons (Fsp3) is 0.143. The van der Waals surface area contributed by atoms with Gasteiger partial charge in [0.25, 0.3) is 5.91 Å².